The minimum atomic E-state index is 0.865. The summed E-state index contributed by atoms with van der Waals surface area (Å²) in [6.07, 6.45) is 7.98. The average Bonchev–Trinajstić information content (AvgIpc) is 2.49. The Morgan fingerprint density at radius 3 is 2.14 bits per heavy atom. The molecular formula is C20H29N. The van der Waals surface area contributed by atoms with Crippen LogP contribution >= 0.6 is 0 Å². The molecule has 0 heterocycles. The van der Waals surface area contributed by atoms with Crippen molar-refractivity contribution in [2.45, 2.75) is 45.4 Å². The zero-order chi connectivity index (χ0) is 15.2. The van der Waals surface area contributed by atoms with Crippen LogP contribution in [0.2, 0.25) is 0 Å². The number of hydrogen-bond donors (Lipinski definition) is 1. The monoisotopic (exact) mass is 283 g/mol. The third-order valence-electron chi connectivity index (χ3n) is 4.73. The predicted octanol–water partition coefficient (Wildman–Crippen LogP) is 5.19. The van der Waals surface area contributed by atoms with E-state index in [-0.39, 0.29) is 0 Å². The van der Waals surface area contributed by atoms with E-state index in [4.69, 9.17) is 0 Å². The Hall–Kier alpha value is -1.50. The summed E-state index contributed by atoms with van der Waals surface area (Å²) in [6.45, 7) is 10.2. The minimum absolute atomic E-state index is 0.865. The molecule has 0 aliphatic heterocycles. The van der Waals surface area contributed by atoms with Gasteiger partial charge in [0.15, 0.2) is 0 Å². The molecule has 21 heavy (non-hydrogen) atoms. The highest BCUT2D eigenvalue weighted by Crippen LogP contribution is 2.34. The van der Waals surface area contributed by atoms with Gasteiger partial charge in [0.25, 0.3) is 0 Å². The van der Waals surface area contributed by atoms with E-state index >= 15 is 0 Å². The Bertz CT molecular complexity index is 475. The van der Waals surface area contributed by atoms with Crippen molar-refractivity contribution in [3.05, 3.63) is 54.1 Å². The second-order valence-electron chi connectivity index (χ2n) is 6.68. The molecule has 1 nitrogen and oxygen atoms in total. The molecule has 0 amide bonds. The second-order valence-corrected chi connectivity index (χ2v) is 6.68. The van der Waals surface area contributed by atoms with Crippen LogP contribution in [0.25, 0.3) is 5.70 Å². The summed E-state index contributed by atoms with van der Waals surface area (Å²) in [5, 5.41) is 3.10. The van der Waals surface area contributed by atoms with E-state index in [9.17, 15) is 0 Å². The van der Waals surface area contributed by atoms with Crippen LogP contribution in [0.15, 0.2) is 43.0 Å². The summed E-state index contributed by atoms with van der Waals surface area (Å²) in [4.78, 5) is 0. The highest BCUT2D eigenvalue weighted by molar-refractivity contribution is 5.61. The van der Waals surface area contributed by atoms with Gasteiger partial charge in [-0.3, -0.25) is 0 Å². The number of rotatable bonds is 6. The molecule has 0 aromatic heterocycles. The van der Waals surface area contributed by atoms with Gasteiger partial charge in [0.1, 0.15) is 0 Å². The topological polar surface area (TPSA) is 12.0 Å². The standard InChI is InChI=1S/C20H29N/c1-15(2)13-17-5-7-18(8-6-17)14-19-9-11-20(12-10-19)16(3)21-4/h9-12,17-18,21H,1,3,5-8,13-14H2,2,4H3. The number of allylic oxidation sites excluding steroid dienone is 1. The fourth-order valence-corrected chi connectivity index (χ4v) is 3.45. The summed E-state index contributed by atoms with van der Waals surface area (Å²) in [7, 11) is 1.92. The van der Waals surface area contributed by atoms with Gasteiger partial charge in [0, 0.05) is 12.7 Å². The van der Waals surface area contributed by atoms with Gasteiger partial charge in [-0.2, -0.15) is 0 Å². The molecule has 1 saturated carbocycles. The summed E-state index contributed by atoms with van der Waals surface area (Å²) in [5.41, 5.74) is 4.98. The Kier molecular flexibility index (Phi) is 5.67. The summed E-state index contributed by atoms with van der Waals surface area (Å²) in [5.74, 6) is 1.75. The number of hydrogen-bond acceptors (Lipinski definition) is 1. The molecule has 1 fully saturated rings. The molecule has 1 heteroatoms. The zero-order valence-electron chi connectivity index (χ0n) is 13.6. The van der Waals surface area contributed by atoms with Gasteiger partial charge in [-0.15, -0.1) is 6.58 Å². The van der Waals surface area contributed by atoms with Gasteiger partial charge in [-0.25, -0.2) is 0 Å². The van der Waals surface area contributed by atoms with Gasteiger partial charge in [0.05, 0.1) is 0 Å². The molecule has 1 aromatic rings. The first-order valence-electron chi connectivity index (χ1n) is 8.19. The quantitative estimate of drug-likeness (QED) is 0.708. The van der Waals surface area contributed by atoms with Crippen LogP contribution in [0.3, 0.4) is 0 Å². The summed E-state index contributed by atoms with van der Waals surface area (Å²) >= 11 is 0. The van der Waals surface area contributed by atoms with E-state index in [2.05, 4.69) is 49.7 Å². The molecule has 1 aliphatic rings. The van der Waals surface area contributed by atoms with Gasteiger partial charge in [-0.05, 0) is 68.4 Å². The van der Waals surface area contributed by atoms with Crippen molar-refractivity contribution < 1.29 is 0 Å². The zero-order valence-corrected chi connectivity index (χ0v) is 13.6. The summed E-state index contributed by atoms with van der Waals surface area (Å²) < 4.78 is 0. The van der Waals surface area contributed by atoms with Crippen LogP contribution in [0.4, 0.5) is 0 Å². The van der Waals surface area contributed by atoms with Crippen LogP contribution < -0.4 is 5.32 Å². The van der Waals surface area contributed by atoms with Gasteiger partial charge >= 0.3 is 0 Å². The molecule has 0 bridgehead atoms. The molecule has 114 valence electrons. The van der Waals surface area contributed by atoms with Crippen molar-refractivity contribution in [3.8, 4) is 0 Å². The highest BCUT2D eigenvalue weighted by Gasteiger charge is 2.21. The largest absolute Gasteiger partial charge is 0.388 e. The van der Waals surface area contributed by atoms with Crippen LogP contribution in [0.5, 0.6) is 0 Å². The lowest BCUT2D eigenvalue weighted by molar-refractivity contribution is 0.272. The molecule has 1 N–H and O–H groups in total. The van der Waals surface area contributed by atoms with Crippen molar-refractivity contribution in [1.82, 2.24) is 5.32 Å². The smallest absolute Gasteiger partial charge is 0.0338 e. The third-order valence-corrected chi connectivity index (χ3v) is 4.73. The Morgan fingerprint density at radius 2 is 1.62 bits per heavy atom. The molecule has 0 atom stereocenters. The number of nitrogens with one attached hydrogen (secondary N) is 1. The molecule has 1 aromatic carbocycles. The van der Waals surface area contributed by atoms with E-state index in [0.29, 0.717) is 0 Å². The van der Waals surface area contributed by atoms with E-state index in [1.807, 2.05) is 7.05 Å². The maximum atomic E-state index is 4.05. The Morgan fingerprint density at radius 1 is 1.05 bits per heavy atom. The molecule has 2 rings (SSSR count). The van der Waals surface area contributed by atoms with Crippen molar-refractivity contribution >= 4 is 5.70 Å². The van der Waals surface area contributed by atoms with Crippen LogP contribution in [0, 0.1) is 11.8 Å². The Labute approximate surface area is 130 Å². The lowest BCUT2D eigenvalue weighted by atomic mass is 9.77. The molecule has 1 aliphatic carbocycles. The van der Waals surface area contributed by atoms with Crippen LogP contribution in [0.1, 0.15) is 50.2 Å². The molecule has 0 unspecified atom stereocenters. The lowest BCUT2D eigenvalue weighted by Gasteiger charge is -2.28. The minimum Gasteiger partial charge on any atom is -0.388 e. The van der Waals surface area contributed by atoms with Crippen molar-refractivity contribution in [2.75, 3.05) is 7.05 Å². The molecule has 0 saturated heterocycles. The normalized spacial score (nSPS) is 21.8. The predicted molar refractivity (Wildman–Crippen MR) is 93.1 cm³/mol. The van der Waals surface area contributed by atoms with E-state index in [1.54, 1.807) is 0 Å². The molecule has 0 spiro atoms. The van der Waals surface area contributed by atoms with Crippen molar-refractivity contribution in [3.63, 3.8) is 0 Å². The third kappa shape index (κ3) is 4.77. The van der Waals surface area contributed by atoms with Crippen molar-refractivity contribution in [2.24, 2.45) is 11.8 Å². The Balaban J connectivity index is 1.83. The van der Waals surface area contributed by atoms with Gasteiger partial charge in [-0.1, -0.05) is 36.4 Å². The maximum absolute atomic E-state index is 4.05. The fraction of sp³-hybridized carbons (Fsp3) is 0.500. The first-order valence-corrected chi connectivity index (χ1v) is 8.19. The lowest BCUT2D eigenvalue weighted by Crippen LogP contribution is -2.16. The van der Waals surface area contributed by atoms with E-state index in [1.165, 1.54) is 55.2 Å². The van der Waals surface area contributed by atoms with Crippen LogP contribution in [-0.4, -0.2) is 7.05 Å². The fourth-order valence-electron chi connectivity index (χ4n) is 3.45. The van der Waals surface area contributed by atoms with Crippen molar-refractivity contribution in [1.29, 1.82) is 0 Å². The first kappa shape index (κ1) is 15.9. The SMILES string of the molecule is C=C(C)CC1CCC(Cc2ccc(C(=C)NC)cc2)CC1. The van der Waals surface area contributed by atoms with Crippen LogP contribution in [-0.2, 0) is 6.42 Å². The van der Waals surface area contributed by atoms with E-state index in [0.717, 1.165) is 17.5 Å². The average molecular weight is 283 g/mol. The molecule has 0 radical (unpaired) electrons. The number of benzene rings is 1. The first-order chi connectivity index (χ1) is 10.1. The summed E-state index contributed by atoms with van der Waals surface area (Å²) in [6, 6.07) is 8.89. The highest BCUT2D eigenvalue weighted by atomic mass is 14.8. The molecular weight excluding hydrogens is 254 g/mol. The van der Waals surface area contributed by atoms with E-state index < -0.39 is 0 Å². The van der Waals surface area contributed by atoms with Gasteiger partial charge < -0.3 is 5.32 Å². The second kappa shape index (κ2) is 7.49. The van der Waals surface area contributed by atoms with Gasteiger partial charge in [0.2, 0.25) is 0 Å². The maximum Gasteiger partial charge on any atom is 0.0338 e.